The molecule has 10 nitrogen and oxygen atoms in total. The summed E-state index contributed by atoms with van der Waals surface area (Å²) in [6.07, 6.45) is 2.50. The highest BCUT2D eigenvalue weighted by atomic mass is 19.4. The number of carbonyl (C=O) groups is 2. The van der Waals surface area contributed by atoms with E-state index in [1.165, 1.54) is 11.1 Å². The van der Waals surface area contributed by atoms with Crippen molar-refractivity contribution in [1.82, 2.24) is 25.2 Å². The number of H-pyrrole nitrogens is 1. The van der Waals surface area contributed by atoms with Crippen LogP contribution in [0.5, 0.6) is 0 Å². The normalized spacial score (nSPS) is 15.5. The number of fused-ring (bicyclic) bond motifs is 1. The van der Waals surface area contributed by atoms with Crippen molar-refractivity contribution in [1.29, 1.82) is 0 Å². The maximum absolute atomic E-state index is 12.6. The Morgan fingerprint density at radius 2 is 1.95 bits per heavy atom. The molecule has 1 aliphatic heterocycles. The van der Waals surface area contributed by atoms with Gasteiger partial charge in [-0.1, -0.05) is 13.8 Å². The van der Waals surface area contributed by atoms with Crippen molar-refractivity contribution in [2.45, 2.75) is 51.6 Å². The van der Waals surface area contributed by atoms with E-state index in [1.54, 1.807) is 38.5 Å². The lowest BCUT2D eigenvalue weighted by molar-refractivity contribution is -0.139. The average Bonchev–Trinajstić information content (AvgIpc) is 3.32. The van der Waals surface area contributed by atoms with Gasteiger partial charge in [-0.25, -0.2) is 9.78 Å². The summed E-state index contributed by atoms with van der Waals surface area (Å²) in [4.78, 5) is 36.8. The van der Waals surface area contributed by atoms with Gasteiger partial charge < -0.3 is 30.4 Å². The van der Waals surface area contributed by atoms with E-state index in [0.29, 0.717) is 43.9 Å². The topological polar surface area (TPSA) is 132 Å². The van der Waals surface area contributed by atoms with Crippen molar-refractivity contribution >= 4 is 28.7 Å². The van der Waals surface area contributed by atoms with Crippen LogP contribution in [-0.2, 0) is 16.1 Å². The number of piperidine rings is 1. The van der Waals surface area contributed by atoms with E-state index in [0.717, 1.165) is 22.1 Å². The molecule has 0 aromatic carbocycles. The zero-order valence-corrected chi connectivity index (χ0v) is 21.6. The summed E-state index contributed by atoms with van der Waals surface area (Å²) in [6, 6.07) is 2.85. The first-order chi connectivity index (χ1) is 18.5. The predicted octanol–water partition coefficient (Wildman–Crippen LogP) is 4.40. The SMILES string of the molecule is CC(C)[C@@H](Nc1cncc(-c2c[nH]c3ncc(COC4CCN(C(=O)O)CC4)cc23)c1)C(=O)NCC(F)(F)F. The minimum Gasteiger partial charge on any atom is -0.465 e. The van der Waals surface area contributed by atoms with Gasteiger partial charge in [-0.15, -0.1) is 0 Å². The molecule has 0 saturated carbocycles. The summed E-state index contributed by atoms with van der Waals surface area (Å²) < 4.78 is 43.7. The Morgan fingerprint density at radius 3 is 2.62 bits per heavy atom. The Hall–Kier alpha value is -3.87. The number of halogens is 3. The number of hydrogen-bond donors (Lipinski definition) is 4. The van der Waals surface area contributed by atoms with Gasteiger partial charge in [0.05, 0.1) is 18.4 Å². The van der Waals surface area contributed by atoms with Crippen molar-refractivity contribution in [3.05, 3.63) is 42.5 Å². The smallest absolute Gasteiger partial charge is 0.407 e. The molecule has 3 aromatic rings. The number of ether oxygens (including phenoxy) is 1. The van der Waals surface area contributed by atoms with E-state index in [-0.39, 0.29) is 12.0 Å². The molecule has 1 atom stereocenters. The number of pyridine rings is 2. The third-order valence-electron chi connectivity index (χ3n) is 6.57. The Bertz CT molecular complexity index is 1300. The number of amides is 2. The molecule has 4 heterocycles. The molecule has 0 bridgehead atoms. The Morgan fingerprint density at radius 1 is 1.21 bits per heavy atom. The zero-order valence-electron chi connectivity index (χ0n) is 21.6. The number of hydrogen-bond acceptors (Lipinski definition) is 6. The number of anilines is 1. The van der Waals surface area contributed by atoms with Gasteiger partial charge in [0.15, 0.2) is 0 Å². The molecule has 210 valence electrons. The maximum atomic E-state index is 12.6. The van der Waals surface area contributed by atoms with E-state index in [9.17, 15) is 22.8 Å². The molecule has 3 aromatic heterocycles. The number of likely N-dealkylation sites (tertiary alicyclic amines) is 1. The fraction of sp³-hybridized carbons (Fsp3) is 0.462. The number of aromatic nitrogens is 3. The van der Waals surface area contributed by atoms with E-state index < -0.39 is 30.8 Å². The zero-order chi connectivity index (χ0) is 28.2. The van der Waals surface area contributed by atoms with Crippen molar-refractivity contribution in [2.24, 2.45) is 5.92 Å². The van der Waals surface area contributed by atoms with Crippen LogP contribution in [0, 0.1) is 5.92 Å². The van der Waals surface area contributed by atoms with Gasteiger partial charge in [-0.3, -0.25) is 9.78 Å². The van der Waals surface area contributed by atoms with Gasteiger partial charge >= 0.3 is 12.3 Å². The lowest BCUT2D eigenvalue weighted by Crippen LogP contribution is -2.46. The Labute approximate surface area is 223 Å². The summed E-state index contributed by atoms with van der Waals surface area (Å²) in [6.45, 7) is 3.30. The van der Waals surface area contributed by atoms with E-state index in [1.807, 2.05) is 11.4 Å². The lowest BCUT2D eigenvalue weighted by atomic mass is 10.0. The lowest BCUT2D eigenvalue weighted by Gasteiger charge is -2.29. The minimum atomic E-state index is -4.50. The van der Waals surface area contributed by atoms with Gasteiger partial charge in [0.1, 0.15) is 18.2 Å². The molecular weight excluding hydrogens is 517 g/mol. The number of nitrogens with zero attached hydrogens (tertiary/aromatic N) is 3. The minimum absolute atomic E-state index is 0.0313. The molecule has 0 aliphatic carbocycles. The molecule has 0 radical (unpaired) electrons. The molecule has 0 unspecified atom stereocenters. The van der Waals surface area contributed by atoms with Crippen LogP contribution in [0.15, 0.2) is 36.9 Å². The van der Waals surface area contributed by atoms with Crippen LogP contribution < -0.4 is 10.6 Å². The van der Waals surface area contributed by atoms with Crippen molar-refractivity contribution < 1.29 is 32.6 Å². The van der Waals surface area contributed by atoms with Crippen LogP contribution in [0.25, 0.3) is 22.2 Å². The Balaban J connectivity index is 1.46. The Kier molecular flexibility index (Phi) is 8.58. The van der Waals surface area contributed by atoms with Gasteiger partial charge in [0.2, 0.25) is 5.91 Å². The van der Waals surface area contributed by atoms with E-state index in [2.05, 4.69) is 20.3 Å². The second-order valence-electron chi connectivity index (χ2n) is 9.88. The molecule has 39 heavy (non-hydrogen) atoms. The van der Waals surface area contributed by atoms with Crippen LogP contribution in [-0.4, -0.2) is 74.9 Å². The largest absolute Gasteiger partial charge is 0.465 e. The number of alkyl halides is 3. The van der Waals surface area contributed by atoms with Gasteiger partial charge in [-0.2, -0.15) is 13.2 Å². The molecular formula is C26H31F3N6O4. The van der Waals surface area contributed by atoms with Crippen LogP contribution >= 0.6 is 0 Å². The van der Waals surface area contributed by atoms with E-state index >= 15 is 0 Å². The first-order valence-electron chi connectivity index (χ1n) is 12.6. The van der Waals surface area contributed by atoms with Crippen LogP contribution in [0.4, 0.5) is 23.7 Å². The van der Waals surface area contributed by atoms with E-state index in [4.69, 9.17) is 9.84 Å². The standard InChI is InChI=1S/C26H31F3N6O4/c1-15(2)22(24(36)33-14-26(27,28)29)34-18-8-17(10-30-11-18)21-12-32-23-20(21)7-16(9-31-23)13-39-19-3-5-35(6-4-19)25(37)38/h7-12,15,19,22,34H,3-6,13-14H2,1-2H3,(H,31,32)(H,33,36)(H,37,38)/t22-/m1/s1. The number of carboxylic acid groups (broad SMARTS) is 1. The molecule has 1 fully saturated rings. The quantitative estimate of drug-likeness (QED) is 0.312. The summed E-state index contributed by atoms with van der Waals surface area (Å²) >= 11 is 0. The molecule has 0 spiro atoms. The summed E-state index contributed by atoms with van der Waals surface area (Å²) in [5, 5.41) is 14.9. The number of rotatable bonds is 9. The van der Waals surface area contributed by atoms with Crippen molar-refractivity contribution in [3.63, 3.8) is 0 Å². The van der Waals surface area contributed by atoms with Crippen LogP contribution in [0.3, 0.4) is 0 Å². The molecule has 2 amide bonds. The van der Waals surface area contributed by atoms with Crippen LogP contribution in [0.2, 0.25) is 0 Å². The van der Waals surface area contributed by atoms with Gasteiger partial charge in [0, 0.05) is 54.4 Å². The van der Waals surface area contributed by atoms with Gasteiger partial charge in [0.25, 0.3) is 0 Å². The molecule has 1 aliphatic rings. The number of nitrogens with one attached hydrogen (secondary N) is 3. The number of aromatic amines is 1. The molecule has 4 rings (SSSR count). The average molecular weight is 549 g/mol. The fourth-order valence-electron chi connectivity index (χ4n) is 4.47. The third-order valence-corrected chi connectivity index (χ3v) is 6.57. The predicted molar refractivity (Wildman–Crippen MR) is 138 cm³/mol. The number of carbonyl (C=O) groups excluding carboxylic acids is 1. The molecule has 13 heteroatoms. The second kappa shape index (κ2) is 11.9. The summed E-state index contributed by atoms with van der Waals surface area (Å²) in [5.74, 6) is -1.03. The van der Waals surface area contributed by atoms with Crippen LogP contribution in [0.1, 0.15) is 32.3 Å². The highest BCUT2D eigenvalue weighted by Gasteiger charge is 2.30. The highest BCUT2D eigenvalue weighted by molar-refractivity contribution is 5.94. The van der Waals surface area contributed by atoms with Crippen molar-refractivity contribution in [2.75, 3.05) is 25.0 Å². The first kappa shape index (κ1) is 28.1. The summed E-state index contributed by atoms with van der Waals surface area (Å²) in [7, 11) is 0. The fourth-order valence-corrected chi connectivity index (χ4v) is 4.47. The molecule has 4 N–H and O–H groups in total. The van der Waals surface area contributed by atoms with Gasteiger partial charge in [-0.05, 0) is 36.5 Å². The third kappa shape index (κ3) is 7.37. The second-order valence-corrected chi connectivity index (χ2v) is 9.88. The summed E-state index contributed by atoms with van der Waals surface area (Å²) in [5.41, 5.74) is 3.54. The highest BCUT2D eigenvalue weighted by Crippen LogP contribution is 2.30. The maximum Gasteiger partial charge on any atom is 0.407 e. The molecule has 1 saturated heterocycles. The first-order valence-corrected chi connectivity index (χ1v) is 12.6. The monoisotopic (exact) mass is 548 g/mol. The van der Waals surface area contributed by atoms with Crippen molar-refractivity contribution in [3.8, 4) is 11.1 Å².